The molecule has 0 radical (unpaired) electrons. The Kier molecular flexibility index (Phi) is 7.26. The van der Waals surface area contributed by atoms with E-state index in [4.69, 9.17) is 0 Å². The number of rotatable bonds is 7. The molecule has 2 aromatic carbocycles. The molecular weight excluding hydrogens is 378 g/mol. The minimum atomic E-state index is -0.350. The maximum absolute atomic E-state index is 13.6. The first-order valence-electron chi connectivity index (χ1n) is 9.50. The van der Waals surface area contributed by atoms with Gasteiger partial charge in [-0.25, -0.2) is 8.78 Å². The van der Waals surface area contributed by atoms with Crippen LogP contribution >= 0.6 is 0 Å². The molecule has 2 amide bonds. The van der Waals surface area contributed by atoms with E-state index in [9.17, 15) is 18.4 Å². The second-order valence-corrected chi connectivity index (χ2v) is 6.98. The molecule has 1 saturated heterocycles. The van der Waals surface area contributed by atoms with Crippen molar-refractivity contribution < 1.29 is 18.4 Å². The van der Waals surface area contributed by atoms with Gasteiger partial charge in [-0.05, 0) is 30.3 Å². The van der Waals surface area contributed by atoms with Gasteiger partial charge in [0.15, 0.2) is 0 Å². The van der Waals surface area contributed by atoms with Gasteiger partial charge in [0.05, 0.1) is 13.1 Å². The van der Waals surface area contributed by atoms with Gasteiger partial charge in [0.1, 0.15) is 11.6 Å². The van der Waals surface area contributed by atoms with Crippen LogP contribution in [0.4, 0.5) is 14.5 Å². The lowest BCUT2D eigenvalue weighted by Crippen LogP contribution is -2.50. The first-order chi connectivity index (χ1) is 14.0. The van der Waals surface area contributed by atoms with Gasteiger partial charge in [-0.3, -0.25) is 19.4 Å². The van der Waals surface area contributed by atoms with Gasteiger partial charge in [-0.15, -0.1) is 0 Å². The topological polar surface area (TPSA) is 64.7 Å². The highest BCUT2D eigenvalue weighted by atomic mass is 19.1. The zero-order valence-electron chi connectivity index (χ0n) is 16.0. The lowest BCUT2D eigenvalue weighted by Gasteiger charge is -2.33. The Hall–Kier alpha value is -2.84. The highest BCUT2D eigenvalue weighted by Crippen LogP contribution is 2.09. The molecule has 2 N–H and O–H groups in total. The van der Waals surface area contributed by atoms with Crippen LogP contribution in [-0.2, 0) is 16.1 Å². The standard InChI is InChI=1S/C21H24F2N4O2/c22-17-5-7-18(8-6-17)25-21(29)15-27-11-9-26(10-12-27)14-20(28)24-13-16-3-1-2-4-19(16)23/h1-8H,9-15H2,(H,24,28)(H,25,29). The molecule has 1 fully saturated rings. The monoisotopic (exact) mass is 402 g/mol. The maximum Gasteiger partial charge on any atom is 0.238 e. The van der Waals surface area contributed by atoms with Gasteiger partial charge in [0, 0.05) is 44.0 Å². The molecule has 0 unspecified atom stereocenters. The van der Waals surface area contributed by atoms with E-state index < -0.39 is 0 Å². The number of piperazine rings is 1. The number of nitrogens with zero attached hydrogens (tertiary/aromatic N) is 2. The van der Waals surface area contributed by atoms with E-state index in [1.807, 2.05) is 9.80 Å². The maximum atomic E-state index is 13.6. The second-order valence-electron chi connectivity index (χ2n) is 6.98. The molecule has 8 heteroatoms. The Bertz CT molecular complexity index is 837. The van der Waals surface area contributed by atoms with Crippen LogP contribution in [0, 0.1) is 11.6 Å². The summed E-state index contributed by atoms with van der Waals surface area (Å²) in [6.07, 6.45) is 0. The summed E-state index contributed by atoms with van der Waals surface area (Å²) < 4.78 is 26.5. The van der Waals surface area contributed by atoms with Crippen LogP contribution in [-0.4, -0.2) is 60.9 Å². The summed E-state index contributed by atoms with van der Waals surface area (Å²) >= 11 is 0. The Morgan fingerprint density at radius 3 is 2.03 bits per heavy atom. The van der Waals surface area contributed by atoms with Crippen LogP contribution in [0.25, 0.3) is 0 Å². The van der Waals surface area contributed by atoms with E-state index in [0.717, 1.165) is 0 Å². The summed E-state index contributed by atoms with van der Waals surface area (Å²) in [5, 5.41) is 5.48. The molecule has 0 aliphatic carbocycles. The van der Waals surface area contributed by atoms with E-state index in [1.165, 1.54) is 30.3 Å². The summed E-state index contributed by atoms with van der Waals surface area (Å²) in [5.74, 6) is -0.999. The molecule has 1 aliphatic heterocycles. The Morgan fingerprint density at radius 2 is 1.41 bits per heavy atom. The third-order valence-electron chi connectivity index (χ3n) is 4.76. The molecule has 1 aliphatic rings. The van der Waals surface area contributed by atoms with Crippen molar-refractivity contribution in [3.63, 3.8) is 0 Å². The van der Waals surface area contributed by atoms with Crippen LogP contribution < -0.4 is 10.6 Å². The number of hydrogen-bond acceptors (Lipinski definition) is 4. The van der Waals surface area contributed by atoms with Crippen molar-refractivity contribution in [3.05, 3.63) is 65.7 Å². The fraction of sp³-hybridized carbons (Fsp3) is 0.333. The molecule has 1 heterocycles. The molecule has 154 valence electrons. The van der Waals surface area contributed by atoms with Gasteiger partial charge < -0.3 is 10.6 Å². The Balaban J connectivity index is 1.35. The number of amides is 2. The van der Waals surface area contributed by atoms with Crippen LogP contribution in [0.5, 0.6) is 0 Å². The van der Waals surface area contributed by atoms with Crippen molar-refractivity contribution >= 4 is 17.5 Å². The number of halogens is 2. The van der Waals surface area contributed by atoms with Crippen molar-refractivity contribution in [2.45, 2.75) is 6.54 Å². The normalized spacial score (nSPS) is 15.1. The van der Waals surface area contributed by atoms with E-state index in [-0.39, 0.29) is 43.1 Å². The van der Waals surface area contributed by atoms with Crippen LogP contribution in [0.2, 0.25) is 0 Å². The number of nitrogens with one attached hydrogen (secondary N) is 2. The van der Waals surface area contributed by atoms with E-state index in [0.29, 0.717) is 37.4 Å². The molecule has 29 heavy (non-hydrogen) atoms. The number of anilines is 1. The first kappa shape index (κ1) is 20.9. The number of carbonyl (C=O) groups is 2. The fourth-order valence-electron chi connectivity index (χ4n) is 3.14. The zero-order valence-corrected chi connectivity index (χ0v) is 16.0. The van der Waals surface area contributed by atoms with Gasteiger partial charge in [-0.2, -0.15) is 0 Å². The molecule has 3 rings (SSSR count). The van der Waals surface area contributed by atoms with E-state index in [2.05, 4.69) is 10.6 Å². The largest absolute Gasteiger partial charge is 0.351 e. The minimum absolute atomic E-state index is 0.157. The average Bonchev–Trinajstić information content (AvgIpc) is 2.70. The van der Waals surface area contributed by atoms with Gasteiger partial charge in [0.25, 0.3) is 0 Å². The van der Waals surface area contributed by atoms with E-state index in [1.54, 1.807) is 18.2 Å². The average molecular weight is 402 g/mol. The van der Waals surface area contributed by atoms with Crippen molar-refractivity contribution in [3.8, 4) is 0 Å². The molecule has 6 nitrogen and oxygen atoms in total. The van der Waals surface area contributed by atoms with Crippen LogP contribution in [0.3, 0.4) is 0 Å². The molecule has 0 bridgehead atoms. The predicted molar refractivity (Wildman–Crippen MR) is 106 cm³/mol. The number of hydrogen-bond donors (Lipinski definition) is 2. The summed E-state index contributed by atoms with van der Waals surface area (Å²) in [6.45, 7) is 3.30. The predicted octanol–water partition coefficient (Wildman–Crippen LogP) is 1.84. The molecule has 0 aromatic heterocycles. The Labute approximate surface area is 168 Å². The van der Waals surface area contributed by atoms with Crippen molar-refractivity contribution in [2.75, 3.05) is 44.6 Å². The summed E-state index contributed by atoms with van der Waals surface area (Å²) in [5.41, 5.74) is 1.01. The quantitative estimate of drug-likeness (QED) is 0.742. The lowest BCUT2D eigenvalue weighted by molar-refractivity contribution is -0.123. The summed E-state index contributed by atoms with van der Waals surface area (Å²) in [4.78, 5) is 28.2. The zero-order chi connectivity index (χ0) is 20.6. The van der Waals surface area contributed by atoms with Crippen LogP contribution in [0.15, 0.2) is 48.5 Å². The third-order valence-corrected chi connectivity index (χ3v) is 4.76. The van der Waals surface area contributed by atoms with Crippen molar-refractivity contribution in [2.24, 2.45) is 0 Å². The molecule has 0 atom stereocenters. The van der Waals surface area contributed by atoms with Gasteiger partial charge >= 0.3 is 0 Å². The number of benzene rings is 2. The second kappa shape index (κ2) is 10.1. The smallest absolute Gasteiger partial charge is 0.238 e. The number of carbonyl (C=O) groups excluding carboxylic acids is 2. The van der Waals surface area contributed by atoms with Crippen molar-refractivity contribution in [1.29, 1.82) is 0 Å². The first-order valence-corrected chi connectivity index (χ1v) is 9.50. The Morgan fingerprint density at radius 1 is 0.828 bits per heavy atom. The molecule has 0 spiro atoms. The lowest BCUT2D eigenvalue weighted by atomic mass is 10.2. The van der Waals surface area contributed by atoms with Crippen molar-refractivity contribution in [1.82, 2.24) is 15.1 Å². The van der Waals surface area contributed by atoms with Gasteiger partial charge in [0.2, 0.25) is 11.8 Å². The molecule has 0 saturated carbocycles. The molecular formula is C21H24F2N4O2. The summed E-state index contributed by atoms with van der Waals surface area (Å²) in [7, 11) is 0. The van der Waals surface area contributed by atoms with Gasteiger partial charge in [-0.1, -0.05) is 18.2 Å². The SMILES string of the molecule is O=C(CN1CCN(CC(=O)Nc2ccc(F)cc2)CC1)NCc1ccccc1F. The highest BCUT2D eigenvalue weighted by Gasteiger charge is 2.20. The minimum Gasteiger partial charge on any atom is -0.351 e. The molecule has 2 aromatic rings. The summed E-state index contributed by atoms with van der Waals surface area (Å²) in [6, 6.07) is 12.0. The van der Waals surface area contributed by atoms with E-state index >= 15 is 0 Å². The highest BCUT2D eigenvalue weighted by molar-refractivity contribution is 5.92. The fourth-order valence-corrected chi connectivity index (χ4v) is 3.14. The van der Waals surface area contributed by atoms with Crippen LogP contribution in [0.1, 0.15) is 5.56 Å². The third kappa shape index (κ3) is 6.62.